The molecular weight excluding hydrogens is 530 g/mol. The first-order valence-corrected chi connectivity index (χ1v) is 15.6. The second kappa shape index (κ2) is 13.6. The molecule has 42 heavy (non-hydrogen) atoms. The highest BCUT2D eigenvalue weighted by atomic mass is 16.5. The minimum atomic E-state index is -1.07. The molecule has 0 saturated carbocycles. The summed E-state index contributed by atoms with van der Waals surface area (Å²) in [5, 5.41) is 9.32. The molecule has 3 saturated heterocycles. The Bertz CT molecular complexity index is 1140. The molecule has 3 unspecified atom stereocenters. The lowest BCUT2D eigenvalue weighted by Crippen LogP contribution is -2.57. The predicted octanol–water partition coefficient (Wildman–Crippen LogP) is 4.19. The molecule has 3 heterocycles. The summed E-state index contributed by atoms with van der Waals surface area (Å²) in [5.74, 6) is -1.89. The maximum atomic E-state index is 14.5. The molecule has 0 aromatic heterocycles. The number of ether oxygens (including phenoxy) is 1. The van der Waals surface area contributed by atoms with Crippen molar-refractivity contribution in [2.24, 2.45) is 17.8 Å². The summed E-state index contributed by atoms with van der Waals surface area (Å²) in [6.07, 6.45) is 7.81. The van der Waals surface area contributed by atoms with Gasteiger partial charge in [-0.2, -0.15) is 0 Å². The van der Waals surface area contributed by atoms with E-state index in [1.54, 1.807) is 26.9 Å². The van der Waals surface area contributed by atoms with Crippen molar-refractivity contribution in [2.45, 2.75) is 83.1 Å². The van der Waals surface area contributed by atoms with E-state index in [1.807, 2.05) is 37.3 Å². The minimum absolute atomic E-state index is 0.0223. The molecule has 3 fully saturated rings. The van der Waals surface area contributed by atoms with E-state index in [1.165, 1.54) is 0 Å². The Hall–Kier alpha value is -2.97. The van der Waals surface area contributed by atoms with Gasteiger partial charge in [-0.1, -0.05) is 62.8 Å². The van der Waals surface area contributed by atoms with Crippen molar-refractivity contribution in [2.75, 3.05) is 32.8 Å². The Labute approximate surface area is 251 Å². The number of unbranched alkanes of at least 4 members (excludes halogenated alkanes) is 3. The van der Waals surface area contributed by atoms with Crippen LogP contribution in [0.4, 0.5) is 0 Å². The van der Waals surface area contributed by atoms with Crippen LogP contribution in [-0.4, -0.2) is 87.6 Å². The number of aliphatic hydroxyl groups is 1. The Kier molecular flexibility index (Phi) is 10.3. The smallest absolute Gasteiger partial charge is 0.248 e. The standard InChI is InChI=1S/C34H49N3O5/c1-6-9-20-35(18-7-2)32(41)29-34-23-25(4)33(5,42-34)27(28(34)31(40)37(29)21-14-11-15-22-38)30(39)36(19-8-3)24-26-16-12-10-13-17-26/h7-8,10,12-13,16-17,25,27-29,38H,2-3,6,9,11,14-15,18-24H2,1,4-5H3/t25?,27-,28+,29?,33+,34?/m1/s1. The van der Waals surface area contributed by atoms with Crippen molar-refractivity contribution in [3.05, 3.63) is 61.2 Å². The van der Waals surface area contributed by atoms with Gasteiger partial charge in [0.1, 0.15) is 11.6 Å². The fourth-order valence-corrected chi connectivity index (χ4v) is 7.56. The summed E-state index contributed by atoms with van der Waals surface area (Å²) in [6.45, 7) is 16.1. The third-order valence-corrected chi connectivity index (χ3v) is 9.69. The summed E-state index contributed by atoms with van der Waals surface area (Å²) in [5.41, 5.74) is -0.948. The molecule has 0 radical (unpaired) electrons. The summed E-state index contributed by atoms with van der Waals surface area (Å²) < 4.78 is 6.94. The molecule has 1 aromatic rings. The van der Waals surface area contributed by atoms with Crippen LogP contribution in [0.2, 0.25) is 0 Å². The summed E-state index contributed by atoms with van der Waals surface area (Å²) >= 11 is 0. The quantitative estimate of drug-likeness (QED) is 0.234. The van der Waals surface area contributed by atoms with Crippen molar-refractivity contribution in [3.63, 3.8) is 0 Å². The van der Waals surface area contributed by atoms with Gasteiger partial charge in [-0.05, 0) is 50.5 Å². The average Bonchev–Trinajstić information content (AvgIpc) is 3.49. The highest BCUT2D eigenvalue weighted by Gasteiger charge is 2.80. The minimum Gasteiger partial charge on any atom is -0.396 e. The summed E-state index contributed by atoms with van der Waals surface area (Å²) in [7, 11) is 0. The highest BCUT2D eigenvalue weighted by Crippen LogP contribution is 2.65. The van der Waals surface area contributed by atoms with Crippen LogP contribution in [0, 0.1) is 17.8 Å². The molecule has 1 spiro atoms. The lowest BCUT2D eigenvalue weighted by Gasteiger charge is -2.39. The van der Waals surface area contributed by atoms with Crippen LogP contribution in [0.3, 0.4) is 0 Å². The molecular formula is C34H49N3O5. The van der Waals surface area contributed by atoms with Crippen molar-refractivity contribution in [3.8, 4) is 0 Å². The van der Waals surface area contributed by atoms with E-state index in [0.717, 1.165) is 24.8 Å². The maximum absolute atomic E-state index is 14.5. The SMILES string of the molecule is C=CCN(CCCC)C(=O)C1N(CCCCCO)C(=O)[C@@H]2[C@H](C(=O)N(CC=C)Cc3ccccc3)[C@@]3(C)OC12CC3C. The maximum Gasteiger partial charge on any atom is 0.248 e. The zero-order valence-electron chi connectivity index (χ0n) is 25.7. The van der Waals surface area contributed by atoms with Crippen LogP contribution in [0.1, 0.15) is 64.9 Å². The van der Waals surface area contributed by atoms with E-state index in [9.17, 15) is 19.5 Å². The molecule has 6 atom stereocenters. The van der Waals surface area contributed by atoms with Gasteiger partial charge in [0.15, 0.2) is 0 Å². The van der Waals surface area contributed by atoms with Gasteiger partial charge in [-0.3, -0.25) is 14.4 Å². The first-order chi connectivity index (χ1) is 20.2. The van der Waals surface area contributed by atoms with E-state index >= 15 is 0 Å². The van der Waals surface area contributed by atoms with Gasteiger partial charge < -0.3 is 24.5 Å². The summed E-state index contributed by atoms with van der Waals surface area (Å²) in [6, 6.07) is 9.01. The van der Waals surface area contributed by atoms with E-state index < -0.39 is 29.1 Å². The molecule has 3 aliphatic heterocycles. The molecule has 1 N–H and O–H groups in total. The molecule has 230 valence electrons. The summed E-state index contributed by atoms with van der Waals surface area (Å²) in [4.78, 5) is 48.7. The van der Waals surface area contributed by atoms with Gasteiger partial charge in [-0.15, -0.1) is 13.2 Å². The molecule has 4 rings (SSSR count). The number of benzene rings is 1. The first kappa shape index (κ1) is 32.0. The predicted molar refractivity (Wildman–Crippen MR) is 163 cm³/mol. The number of carbonyl (C=O) groups is 3. The fourth-order valence-electron chi connectivity index (χ4n) is 7.56. The Morgan fingerprint density at radius 1 is 1.07 bits per heavy atom. The lowest BCUT2D eigenvalue weighted by atomic mass is 9.62. The number of nitrogens with zero attached hydrogens (tertiary/aromatic N) is 3. The second-order valence-corrected chi connectivity index (χ2v) is 12.4. The molecule has 0 aliphatic carbocycles. The van der Waals surface area contributed by atoms with Crippen LogP contribution < -0.4 is 0 Å². The number of fused-ring (bicyclic) bond motifs is 1. The number of amides is 3. The third kappa shape index (κ3) is 5.68. The fraction of sp³-hybridized carbons (Fsp3) is 0.618. The molecule has 3 amide bonds. The van der Waals surface area contributed by atoms with Gasteiger partial charge in [0.2, 0.25) is 17.7 Å². The van der Waals surface area contributed by atoms with Gasteiger partial charge in [0.05, 0.1) is 17.4 Å². The highest BCUT2D eigenvalue weighted by molar-refractivity contribution is 5.99. The zero-order valence-corrected chi connectivity index (χ0v) is 25.7. The topological polar surface area (TPSA) is 90.4 Å². The van der Waals surface area contributed by atoms with Gasteiger partial charge in [0.25, 0.3) is 0 Å². The van der Waals surface area contributed by atoms with Gasteiger partial charge in [-0.25, -0.2) is 0 Å². The largest absolute Gasteiger partial charge is 0.396 e. The number of hydrogen-bond acceptors (Lipinski definition) is 5. The van der Waals surface area contributed by atoms with E-state index in [-0.39, 0.29) is 30.2 Å². The van der Waals surface area contributed by atoms with Crippen LogP contribution in [-0.2, 0) is 25.7 Å². The molecule has 2 bridgehead atoms. The number of carbonyl (C=O) groups excluding carboxylic acids is 3. The van der Waals surface area contributed by atoms with Crippen LogP contribution in [0.5, 0.6) is 0 Å². The van der Waals surface area contributed by atoms with E-state index in [0.29, 0.717) is 52.0 Å². The average molecular weight is 580 g/mol. The van der Waals surface area contributed by atoms with E-state index in [4.69, 9.17) is 4.74 Å². The van der Waals surface area contributed by atoms with Crippen molar-refractivity contribution >= 4 is 17.7 Å². The van der Waals surface area contributed by atoms with Gasteiger partial charge >= 0.3 is 0 Å². The first-order valence-electron chi connectivity index (χ1n) is 15.6. The number of aliphatic hydroxyl groups excluding tert-OH is 1. The Morgan fingerprint density at radius 3 is 2.40 bits per heavy atom. The molecule has 1 aromatic carbocycles. The number of hydrogen-bond donors (Lipinski definition) is 1. The van der Waals surface area contributed by atoms with Crippen LogP contribution >= 0.6 is 0 Å². The lowest BCUT2D eigenvalue weighted by molar-refractivity contribution is -0.155. The monoisotopic (exact) mass is 579 g/mol. The van der Waals surface area contributed by atoms with Crippen LogP contribution in [0.25, 0.3) is 0 Å². The molecule has 3 aliphatic rings. The Balaban J connectivity index is 1.74. The third-order valence-electron chi connectivity index (χ3n) is 9.69. The van der Waals surface area contributed by atoms with Gasteiger partial charge in [0, 0.05) is 39.3 Å². The zero-order chi connectivity index (χ0) is 30.5. The van der Waals surface area contributed by atoms with Crippen molar-refractivity contribution in [1.29, 1.82) is 0 Å². The second-order valence-electron chi connectivity index (χ2n) is 12.4. The Morgan fingerprint density at radius 2 is 1.76 bits per heavy atom. The number of likely N-dealkylation sites (tertiary alicyclic amines) is 1. The van der Waals surface area contributed by atoms with E-state index in [2.05, 4.69) is 27.0 Å². The normalized spacial score (nSPS) is 29.4. The van der Waals surface area contributed by atoms with Crippen molar-refractivity contribution < 1.29 is 24.2 Å². The molecule has 8 heteroatoms. The molecule has 8 nitrogen and oxygen atoms in total. The number of rotatable bonds is 16. The van der Waals surface area contributed by atoms with Crippen LogP contribution in [0.15, 0.2) is 55.6 Å². The van der Waals surface area contributed by atoms with Crippen molar-refractivity contribution in [1.82, 2.24) is 14.7 Å².